The van der Waals surface area contributed by atoms with Crippen molar-refractivity contribution >= 4 is 0 Å². The van der Waals surface area contributed by atoms with Gasteiger partial charge in [0.05, 0.1) is 23.6 Å². The molecule has 154 valence electrons. The molecule has 7 heteroatoms. The summed E-state index contributed by atoms with van der Waals surface area (Å²) in [5, 5.41) is 6.97. The van der Waals surface area contributed by atoms with E-state index in [1.54, 1.807) is 12.3 Å². The maximum absolute atomic E-state index is 13.5. The van der Waals surface area contributed by atoms with Gasteiger partial charge in [0, 0.05) is 17.7 Å². The number of hydrogen-bond donors (Lipinski definition) is 1. The topological polar surface area (TPSA) is 41.2 Å². The fourth-order valence-corrected chi connectivity index (χ4v) is 3.65. The Morgan fingerprint density at radius 1 is 1.21 bits per heavy atom. The average molecular weight is 395 g/mol. The lowest BCUT2D eigenvalue weighted by Gasteiger charge is -2.18. The molecule has 1 aliphatic rings. The van der Waals surface area contributed by atoms with E-state index in [0.717, 1.165) is 56.7 Å². The number of H-pyrrole nitrogens is 1. The van der Waals surface area contributed by atoms with Crippen LogP contribution in [0.25, 0.3) is 11.3 Å². The lowest BCUT2D eigenvalue weighted by Crippen LogP contribution is -2.19. The van der Waals surface area contributed by atoms with Crippen LogP contribution < -0.4 is 4.74 Å². The lowest BCUT2D eigenvalue weighted by molar-refractivity contribution is -0.137. The van der Waals surface area contributed by atoms with Gasteiger partial charge in [0.1, 0.15) is 5.75 Å². The Balaban J connectivity index is 1.89. The molecule has 1 aromatic carbocycles. The van der Waals surface area contributed by atoms with Crippen molar-refractivity contribution in [1.29, 1.82) is 0 Å². The summed E-state index contributed by atoms with van der Waals surface area (Å²) in [7, 11) is 2.01. The van der Waals surface area contributed by atoms with Crippen molar-refractivity contribution in [1.82, 2.24) is 15.1 Å². The highest BCUT2D eigenvalue weighted by atomic mass is 19.4. The highest BCUT2D eigenvalue weighted by Gasteiger charge is 2.32. The van der Waals surface area contributed by atoms with Crippen molar-refractivity contribution in [2.24, 2.45) is 0 Å². The lowest BCUT2D eigenvalue weighted by atomic mass is 10.0. The number of nitrogens with one attached hydrogen (secondary N) is 1. The zero-order chi connectivity index (χ0) is 20.1. The van der Waals surface area contributed by atoms with Crippen molar-refractivity contribution in [3.63, 3.8) is 0 Å². The maximum atomic E-state index is 13.5. The highest BCUT2D eigenvalue weighted by molar-refractivity contribution is 5.66. The van der Waals surface area contributed by atoms with E-state index in [1.165, 1.54) is 6.07 Å². The van der Waals surface area contributed by atoms with Crippen LogP contribution in [0.4, 0.5) is 13.2 Å². The van der Waals surface area contributed by atoms with Crippen LogP contribution in [0.15, 0.2) is 24.4 Å². The Morgan fingerprint density at radius 2 is 1.96 bits per heavy atom. The van der Waals surface area contributed by atoms with Gasteiger partial charge in [-0.05, 0) is 63.9 Å². The summed E-state index contributed by atoms with van der Waals surface area (Å²) in [6, 6.07) is 3.96. The third-order valence-electron chi connectivity index (χ3n) is 5.18. The number of nitrogens with zero attached hydrogens (tertiary/aromatic N) is 2. The number of benzene rings is 1. The van der Waals surface area contributed by atoms with E-state index in [2.05, 4.69) is 22.0 Å². The first-order chi connectivity index (χ1) is 13.4. The standard InChI is InChI=1S/C21H28F3N3O/c1-3-4-9-27(2)14-16-13-25-26-20(16)15-10-17(21(22,23)24)12-19(11-15)28-18-7-5-6-8-18/h10-13,18H,3-9,14H2,1-2H3,(H,25,26). The minimum atomic E-state index is -4.43. The minimum Gasteiger partial charge on any atom is -0.490 e. The van der Waals surface area contributed by atoms with E-state index in [9.17, 15) is 13.2 Å². The Labute approximate surface area is 164 Å². The predicted octanol–water partition coefficient (Wildman–Crippen LogP) is 5.65. The molecule has 2 aromatic rings. The Kier molecular flexibility index (Phi) is 6.65. The number of alkyl halides is 3. The first kappa shape index (κ1) is 20.7. The van der Waals surface area contributed by atoms with Crippen molar-refractivity contribution in [3.05, 3.63) is 35.5 Å². The van der Waals surface area contributed by atoms with E-state index in [0.29, 0.717) is 17.8 Å². The zero-order valence-corrected chi connectivity index (χ0v) is 16.5. The molecule has 0 amide bonds. The van der Waals surface area contributed by atoms with Gasteiger partial charge in [0.15, 0.2) is 0 Å². The SMILES string of the molecule is CCCCN(C)Cc1cn[nH]c1-c1cc(OC2CCCC2)cc(C(F)(F)F)c1. The summed E-state index contributed by atoms with van der Waals surface area (Å²) in [5.41, 5.74) is 1.26. The van der Waals surface area contributed by atoms with Gasteiger partial charge in [-0.25, -0.2) is 0 Å². The summed E-state index contributed by atoms with van der Waals surface area (Å²) in [6.45, 7) is 3.69. The van der Waals surface area contributed by atoms with Crippen LogP contribution in [0.1, 0.15) is 56.6 Å². The number of hydrogen-bond acceptors (Lipinski definition) is 3. The average Bonchev–Trinajstić information content (AvgIpc) is 3.31. The molecule has 1 saturated carbocycles. The van der Waals surface area contributed by atoms with Crippen LogP contribution in [-0.4, -0.2) is 34.8 Å². The molecular weight excluding hydrogens is 367 g/mol. The molecule has 3 rings (SSSR count). The second kappa shape index (κ2) is 8.99. The van der Waals surface area contributed by atoms with Crippen LogP contribution in [0.3, 0.4) is 0 Å². The van der Waals surface area contributed by atoms with Gasteiger partial charge in [0.2, 0.25) is 0 Å². The van der Waals surface area contributed by atoms with Crippen LogP contribution in [0, 0.1) is 0 Å². The van der Waals surface area contributed by atoms with E-state index in [-0.39, 0.29) is 11.9 Å². The molecule has 1 heterocycles. The summed E-state index contributed by atoms with van der Waals surface area (Å²) < 4.78 is 46.3. The predicted molar refractivity (Wildman–Crippen MR) is 103 cm³/mol. The molecule has 0 unspecified atom stereocenters. The summed E-state index contributed by atoms with van der Waals surface area (Å²) >= 11 is 0. The highest BCUT2D eigenvalue weighted by Crippen LogP contribution is 2.37. The number of halogens is 3. The van der Waals surface area contributed by atoms with Gasteiger partial charge in [-0.2, -0.15) is 18.3 Å². The van der Waals surface area contributed by atoms with Crippen molar-refractivity contribution in [2.45, 2.75) is 64.3 Å². The van der Waals surface area contributed by atoms with Crippen LogP contribution in [0.5, 0.6) is 5.75 Å². The van der Waals surface area contributed by atoms with Crippen molar-refractivity contribution in [2.75, 3.05) is 13.6 Å². The van der Waals surface area contributed by atoms with E-state index < -0.39 is 11.7 Å². The van der Waals surface area contributed by atoms with Gasteiger partial charge in [-0.1, -0.05) is 13.3 Å². The third-order valence-corrected chi connectivity index (χ3v) is 5.18. The maximum Gasteiger partial charge on any atom is 0.416 e. The smallest absolute Gasteiger partial charge is 0.416 e. The third kappa shape index (κ3) is 5.28. The largest absolute Gasteiger partial charge is 0.490 e. The normalized spacial score (nSPS) is 15.5. The Hall–Kier alpha value is -2.02. The first-order valence-electron chi connectivity index (χ1n) is 9.97. The van der Waals surface area contributed by atoms with E-state index >= 15 is 0 Å². The molecule has 1 aromatic heterocycles. The summed E-state index contributed by atoms with van der Waals surface area (Å²) in [5.74, 6) is 0.275. The molecule has 28 heavy (non-hydrogen) atoms. The zero-order valence-electron chi connectivity index (χ0n) is 16.5. The number of unbranched alkanes of at least 4 members (excludes halogenated alkanes) is 1. The second-order valence-corrected chi connectivity index (χ2v) is 7.63. The Morgan fingerprint density at radius 3 is 2.64 bits per heavy atom. The molecule has 1 fully saturated rings. The van der Waals surface area contributed by atoms with Gasteiger partial charge in [0.25, 0.3) is 0 Å². The van der Waals surface area contributed by atoms with Gasteiger partial charge in [-0.3, -0.25) is 5.10 Å². The van der Waals surface area contributed by atoms with Crippen LogP contribution >= 0.6 is 0 Å². The molecule has 0 bridgehead atoms. The van der Waals surface area contributed by atoms with Gasteiger partial charge >= 0.3 is 6.18 Å². The summed E-state index contributed by atoms with van der Waals surface area (Å²) in [6.07, 6.45) is 3.34. The molecule has 0 radical (unpaired) electrons. The molecule has 1 aliphatic carbocycles. The molecule has 0 spiro atoms. The first-order valence-corrected chi connectivity index (χ1v) is 9.97. The number of aromatic nitrogens is 2. The quantitative estimate of drug-likeness (QED) is 0.628. The number of aromatic amines is 1. The molecule has 4 nitrogen and oxygen atoms in total. The monoisotopic (exact) mass is 395 g/mol. The van der Waals surface area contributed by atoms with Crippen molar-refractivity contribution in [3.8, 4) is 17.0 Å². The fraction of sp³-hybridized carbons (Fsp3) is 0.571. The minimum absolute atomic E-state index is 0.00209. The molecule has 0 saturated heterocycles. The molecular formula is C21H28F3N3O. The van der Waals surface area contributed by atoms with Crippen molar-refractivity contribution < 1.29 is 17.9 Å². The van der Waals surface area contributed by atoms with E-state index in [4.69, 9.17) is 4.74 Å². The molecule has 0 atom stereocenters. The van der Waals surface area contributed by atoms with Gasteiger partial charge in [-0.15, -0.1) is 0 Å². The number of rotatable bonds is 8. The van der Waals surface area contributed by atoms with Gasteiger partial charge < -0.3 is 9.64 Å². The second-order valence-electron chi connectivity index (χ2n) is 7.63. The fourth-order valence-electron chi connectivity index (χ4n) is 3.65. The molecule has 1 N–H and O–H groups in total. The Bertz CT molecular complexity index is 766. The van der Waals surface area contributed by atoms with E-state index in [1.807, 2.05) is 7.05 Å². The number of ether oxygens (including phenoxy) is 1. The summed E-state index contributed by atoms with van der Waals surface area (Å²) in [4.78, 5) is 2.15. The van der Waals surface area contributed by atoms with Crippen LogP contribution in [-0.2, 0) is 12.7 Å². The molecule has 0 aliphatic heterocycles. The van der Waals surface area contributed by atoms with Crippen LogP contribution in [0.2, 0.25) is 0 Å².